The molecule has 0 aromatic heterocycles. The summed E-state index contributed by atoms with van der Waals surface area (Å²) in [7, 11) is 0. The molecule has 1 fully saturated rings. The number of guanidine groups is 1. The zero-order valence-corrected chi connectivity index (χ0v) is 11.3. The minimum Gasteiger partial charge on any atom is -0.370 e. The number of aliphatic imine (C=N–C) groups is 1. The first-order chi connectivity index (χ1) is 9.49. The molecule has 5 N–H and O–H groups in total. The van der Waals surface area contributed by atoms with Crippen LogP contribution in [-0.4, -0.2) is 28.2 Å². The maximum absolute atomic E-state index is 12.2. The fourth-order valence-electron chi connectivity index (χ4n) is 1.82. The average Bonchev–Trinajstić information content (AvgIpc) is 2.64. The largest absolute Gasteiger partial charge is 0.370 e. The Bertz CT molecular complexity index is 583. The van der Waals surface area contributed by atoms with Gasteiger partial charge < -0.3 is 11.5 Å². The Morgan fingerprint density at radius 1 is 1.30 bits per heavy atom. The van der Waals surface area contributed by atoms with Crippen LogP contribution in [0.3, 0.4) is 0 Å². The minimum absolute atomic E-state index is 0.0285. The molecule has 0 saturated carbocycles. The summed E-state index contributed by atoms with van der Waals surface area (Å²) in [5.74, 6) is -0.905. The lowest BCUT2D eigenvalue weighted by Crippen LogP contribution is -2.31. The number of nitrogens with two attached hydrogens (primary N) is 2. The van der Waals surface area contributed by atoms with Gasteiger partial charge in [-0.1, -0.05) is 30.0 Å². The highest BCUT2D eigenvalue weighted by molar-refractivity contribution is 8.14. The number of carbonyl (C=O) groups is 2. The third kappa shape index (κ3) is 2.97. The van der Waals surface area contributed by atoms with Gasteiger partial charge in [-0.3, -0.25) is 15.0 Å². The van der Waals surface area contributed by atoms with Crippen LogP contribution >= 0.6 is 11.8 Å². The van der Waals surface area contributed by atoms with Crippen molar-refractivity contribution in [2.24, 2.45) is 16.5 Å². The molecular weight excluding hydrogens is 278 g/mol. The number of hydrogen-bond donors (Lipinski definition) is 3. The van der Waals surface area contributed by atoms with E-state index in [9.17, 15) is 9.59 Å². The van der Waals surface area contributed by atoms with Crippen LogP contribution < -0.4 is 16.4 Å². The monoisotopic (exact) mass is 291 g/mol. The number of anilines is 1. The zero-order valence-electron chi connectivity index (χ0n) is 10.4. The van der Waals surface area contributed by atoms with Gasteiger partial charge in [0, 0.05) is 6.42 Å². The van der Waals surface area contributed by atoms with E-state index in [1.165, 1.54) is 0 Å². The first-order valence-electron chi connectivity index (χ1n) is 5.75. The van der Waals surface area contributed by atoms with Crippen LogP contribution in [0, 0.1) is 5.41 Å². The van der Waals surface area contributed by atoms with Crippen molar-refractivity contribution in [2.75, 3.05) is 4.90 Å². The molecule has 2 rings (SSSR count). The number of hydrogen-bond acceptors (Lipinski definition) is 4. The standard InChI is InChI=1S/C12H13N5O2S/c13-11(14)16-12(15)20-8-6-9(18)17(10(8)19)7-4-2-1-3-5-7/h1-5,8H,6H2,(H5,13,14,15,16)/t8-/m0/s1. The number of benzene rings is 1. The van der Waals surface area contributed by atoms with Crippen LogP contribution in [0.25, 0.3) is 0 Å². The van der Waals surface area contributed by atoms with E-state index in [1.807, 2.05) is 0 Å². The summed E-state index contributed by atoms with van der Waals surface area (Å²) in [4.78, 5) is 28.8. The van der Waals surface area contributed by atoms with Crippen LogP contribution in [-0.2, 0) is 9.59 Å². The van der Waals surface area contributed by atoms with Gasteiger partial charge in [0.2, 0.25) is 11.8 Å². The summed E-state index contributed by atoms with van der Waals surface area (Å²) < 4.78 is 0. The van der Waals surface area contributed by atoms with E-state index in [0.717, 1.165) is 16.7 Å². The maximum atomic E-state index is 12.2. The van der Waals surface area contributed by atoms with Gasteiger partial charge in [0.25, 0.3) is 0 Å². The lowest BCUT2D eigenvalue weighted by atomic mass is 10.3. The molecule has 1 aromatic rings. The Balaban J connectivity index is 2.14. The van der Waals surface area contributed by atoms with Gasteiger partial charge in [0.15, 0.2) is 11.1 Å². The fourth-order valence-corrected chi connectivity index (χ4v) is 2.68. The number of nitrogens with one attached hydrogen (secondary N) is 1. The first-order valence-corrected chi connectivity index (χ1v) is 6.63. The molecular formula is C12H13N5O2S. The average molecular weight is 291 g/mol. The summed E-state index contributed by atoms with van der Waals surface area (Å²) in [6.07, 6.45) is 0.0285. The predicted octanol–water partition coefficient (Wildman–Crippen LogP) is 0.260. The zero-order chi connectivity index (χ0) is 14.7. The number of thioether (sulfide) groups is 1. The number of imide groups is 1. The van der Waals surface area contributed by atoms with E-state index in [4.69, 9.17) is 16.9 Å². The SMILES string of the molecule is N=C(N=C(N)N)S[C@H]1CC(=O)N(c2ccccc2)C1=O. The molecule has 0 bridgehead atoms. The van der Waals surface area contributed by atoms with Crippen LogP contribution in [0.2, 0.25) is 0 Å². The quantitative estimate of drug-likeness (QED) is 0.409. The van der Waals surface area contributed by atoms with E-state index in [-0.39, 0.29) is 29.4 Å². The number of para-hydroxylation sites is 1. The molecule has 1 heterocycles. The summed E-state index contributed by atoms with van der Waals surface area (Å²) in [5.41, 5.74) is 10.8. The molecule has 1 saturated heterocycles. The number of nitrogens with zero attached hydrogens (tertiary/aromatic N) is 2. The molecule has 0 radical (unpaired) electrons. The molecule has 0 spiro atoms. The van der Waals surface area contributed by atoms with Gasteiger partial charge in [0.1, 0.15) is 5.25 Å². The Kier molecular flexibility index (Phi) is 4.04. The van der Waals surface area contributed by atoms with Crippen molar-refractivity contribution < 1.29 is 9.59 Å². The van der Waals surface area contributed by atoms with Gasteiger partial charge in [0.05, 0.1) is 5.69 Å². The van der Waals surface area contributed by atoms with Crippen LogP contribution in [0.1, 0.15) is 6.42 Å². The summed E-state index contributed by atoms with van der Waals surface area (Å²) in [6, 6.07) is 8.67. The molecule has 0 aliphatic carbocycles. The first kappa shape index (κ1) is 14.1. The number of amides is 2. The summed E-state index contributed by atoms with van der Waals surface area (Å²) >= 11 is 0.870. The molecule has 1 atom stereocenters. The third-order valence-corrected chi connectivity index (χ3v) is 3.57. The Hall–Kier alpha value is -2.35. The normalized spacial score (nSPS) is 18.2. The lowest BCUT2D eigenvalue weighted by molar-refractivity contribution is -0.121. The van der Waals surface area contributed by atoms with Gasteiger partial charge in [-0.25, -0.2) is 4.90 Å². The van der Waals surface area contributed by atoms with E-state index in [1.54, 1.807) is 30.3 Å². The van der Waals surface area contributed by atoms with Gasteiger partial charge in [-0.05, 0) is 12.1 Å². The molecule has 1 aliphatic rings. The Labute approximate surface area is 119 Å². The van der Waals surface area contributed by atoms with E-state index < -0.39 is 5.25 Å². The minimum atomic E-state index is -0.668. The number of amidine groups is 1. The number of carbonyl (C=O) groups excluding carboxylic acids is 2. The molecule has 7 nitrogen and oxygen atoms in total. The predicted molar refractivity (Wildman–Crippen MR) is 78.5 cm³/mol. The second-order valence-electron chi connectivity index (χ2n) is 4.06. The second-order valence-corrected chi connectivity index (χ2v) is 5.25. The Morgan fingerprint density at radius 2 is 1.95 bits per heavy atom. The molecule has 20 heavy (non-hydrogen) atoms. The van der Waals surface area contributed by atoms with E-state index in [0.29, 0.717) is 5.69 Å². The maximum Gasteiger partial charge on any atom is 0.247 e. The van der Waals surface area contributed by atoms with E-state index >= 15 is 0 Å². The molecule has 1 aromatic carbocycles. The Morgan fingerprint density at radius 3 is 2.55 bits per heavy atom. The highest BCUT2D eigenvalue weighted by atomic mass is 32.2. The molecule has 0 unspecified atom stereocenters. The van der Waals surface area contributed by atoms with Crippen molar-refractivity contribution in [3.8, 4) is 0 Å². The third-order valence-electron chi connectivity index (χ3n) is 2.60. The highest BCUT2D eigenvalue weighted by Gasteiger charge is 2.40. The van der Waals surface area contributed by atoms with Crippen molar-refractivity contribution >= 4 is 40.4 Å². The van der Waals surface area contributed by atoms with Crippen LogP contribution in [0.4, 0.5) is 5.69 Å². The van der Waals surface area contributed by atoms with Crippen molar-refractivity contribution in [3.63, 3.8) is 0 Å². The summed E-state index contributed by atoms with van der Waals surface area (Å²) in [5, 5.41) is 6.69. The molecule has 1 aliphatic heterocycles. The second kappa shape index (κ2) is 5.74. The van der Waals surface area contributed by atoms with Crippen molar-refractivity contribution in [1.29, 1.82) is 5.41 Å². The van der Waals surface area contributed by atoms with Crippen molar-refractivity contribution in [2.45, 2.75) is 11.7 Å². The highest BCUT2D eigenvalue weighted by Crippen LogP contribution is 2.29. The van der Waals surface area contributed by atoms with Crippen molar-refractivity contribution in [3.05, 3.63) is 30.3 Å². The summed E-state index contributed by atoms with van der Waals surface area (Å²) in [6.45, 7) is 0. The smallest absolute Gasteiger partial charge is 0.247 e. The molecule has 104 valence electrons. The molecule has 2 amide bonds. The van der Waals surface area contributed by atoms with Gasteiger partial charge >= 0.3 is 0 Å². The number of rotatable bonds is 2. The van der Waals surface area contributed by atoms with Crippen LogP contribution in [0.15, 0.2) is 35.3 Å². The van der Waals surface area contributed by atoms with Gasteiger partial charge in [-0.15, -0.1) is 0 Å². The van der Waals surface area contributed by atoms with E-state index in [2.05, 4.69) is 4.99 Å². The topological polar surface area (TPSA) is 126 Å². The fraction of sp³-hybridized carbons (Fsp3) is 0.167. The molecule has 8 heteroatoms. The van der Waals surface area contributed by atoms with Crippen LogP contribution in [0.5, 0.6) is 0 Å². The van der Waals surface area contributed by atoms with Crippen molar-refractivity contribution in [1.82, 2.24) is 0 Å². The lowest BCUT2D eigenvalue weighted by Gasteiger charge is -2.14. The van der Waals surface area contributed by atoms with Gasteiger partial charge in [-0.2, -0.15) is 4.99 Å².